The van der Waals surface area contributed by atoms with E-state index in [4.69, 9.17) is 0 Å². The molecule has 0 radical (unpaired) electrons. The lowest BCUT2D eigenvalue weighted by atomic mass is 9.85. The summed E-state index contributed by atoms with van der Waals surface area (Å²) in [5.41, 5.74) is 1.72. The highest BCUT2D eigenvalue weighted by atomic mass is 19.2. The molecular weight excluding hydrogens is 376 g/mol. The van der Waals surface area contributed by atoms with Crippen molar-refractivity contribution >= 4 is 11.9 Å². The minimum atomic E-state index is -1.24. The summed E-state index contributed by atoms with van der Waals surface area (Å²) in [6.07, 6.45) is -0.267. The van der Waals surface area contributed by atoms with E-state index in [0.717, 1.165) is 23.3 Å². The second kappa shape index (κ2) is 9.10. The Morgan fingerprint density at radius 2 is 1.38 bits per heavy atom. The van der Waals surface area contributed by atoms with Crippen LogP contribution in [0.2, 0.25) is 0 Å². The lowest BCUT2D eigenvalue weighted by Gasteiger charge is -2.26. The third-order valence-electron chi connectivity index (χ3n) is 4.58. The van der Waals surface area contributed by atoms with Crippen molar-refractivity contribution in [2.75, 3.05) is 0 Å². The first-order chi connectivity index (χ1) is 14.0. The fraction of sp³-hybridized carbons (Fsp3) is 0.130. The molecule has 3 rings (SSSR count). The van der Waals surface area contributed by atoms with Crippen LogP contribution >= 0.6 is 0 Å². The maximum Gasteiger partial charge on any atom is 0.327 e. The average Bonchev–Trinajstić information content (AvgIpc) is 2.72. The van der Waals surface area contributed by atoms with E-state index in [0.29, 0.717) is 0 Å². The van der Waals surface area contributed by atoms with Gasteiger partial charge in [-0.2, -0.15) is 0 Å². The van der Waals surface area contributed by atoms with Crippen LogP contribution in [0.25, 0.3) is 0 Å². The first-order valence-electron chi connectivity index (χ1n) is 9.01. The van der Waals surface area contributed by atoms with Gasteiger partial charge in [0.25, 0.3) is 0 Å². The molecule has 1 amide bonds. The summed E-state index contributed by atoms with van der Waals surface area (Å²) in [5, 5.41) is 12.4. The minimum Gasteiger partial charge on any atom is -0.480 e. The first-order valence-corrected chi connectivity index (χ1v) is 9.01. The Labute approximate surface area is 166 Å². The molecule has 0 aliphatic rings. The number of carbonyl (C=O) groups excluding carboxylic acids is 1. The number of carbonyl (C=O) groups is 2. The van der Waals surface area contributed by atoms with Gasteiger partial charge in [-0.05, 0) is 28.8 Å². The molecule has 1 atom stereocenters. The SMILES string of the molecule is O=C(Cc1ccc(F)c(F)c1)N[C@H](C(=O)O)C(c1ccccc1)c1ccccc1. The Bertz CT molecular complexity index is 954. The van der Waals surface area contributed by atoms with Crippen LogP contribution in [0.5, 0.6) is 0 Å². The van der Waals surface area contributed by atoms with Gasteiger partial charge in [0.1, 0.15) is 6.04 Å². The Balaban J connectivity index is 1.88. The summed E-state index contributed by atoms with van der Waals surface area (Å²) in [6.45, 7) is 0. The van der Waals surface area contributed by atoms with Crippen LogP contribution in [0.1, 0.15) is 22.6 Å². The van der Waals surface area contributed by atoms with Crippen molar-refractivity contribution in [1.82, 2.24) is 5.32 Å². The molecule has 0 aliphatic heterocycles. The number of halogens is 2. The predicted molar refractivity (Wildman–Crippen MR) is 104 cm³/mol. The van der Waals surface area contributed by atoms with E-state index >= 15 is 0 Å². The molecule has 6 heteroatoms. The van der Waals surface area contributed by atoms with Gasteiger partial charge in [0, 0.05) is 5.92 Å². The van der Waals surface area contributed by atoms with Crippen molar-refractivity contribution in [3.8, 4) is 0 Å². The summed E-state index contributed by atoms with van der Waals surface area (Å²) in [6, 6.07) is 20.0. The third-order valence-corrected chi connectivity index (χ3v) is 4.58. The zero-order chi connectivity index (χ0) is 20.8. The molecule has 0 fully saturated rings. The molecule has 0 aromatic heterocycles. The Morgan fingerprint density at radius 1 is 0.828 bits per heavy atom. The number of rotatable bonds is 7. The van der Waals surface area contributed by atoms with Gasteiger partial charge >= 0.3 is 5.97 Å². The average molecular weight is 395 g/mol. The van der Waals surface area contributed by atoms with Crippen LogP contribution in [0, 0.1) is 11.6 Å². The third kappa shape index (κ3) is 5.04. The number of hydrogen-bond donors (Lipinski definition) is 2. The molecule has 4 nitrogen and oxygen atoms in total. The number of amides is 1. The molecule has 0 aliphatic carbocycles. The zero-order valence-corrected chi connectivity index (χ0v) is 15.4. The van der Waals surface area contributed by atoms with Gasteiger partial charge in [0.05, 0.1) is 6.42 Å². The molecule has 0 spiro atoms. The first kappa shape index (κ1) is 20.2. The molecular formula is C23H19F2NO3. The van der Waals surface area contributed by atoms with Gasteiger partial charge in [0.15, 0.2) is 11.6 Å². The van der Waals surface area contributed by atoms with Crippen LogP contribution in [-0.4, -0.2) is 23.0 Å². The minimum absolute atomic E-state index is 0.251. The van der Waals surface area contributed by atoms with Gasteiger partial charge in [0.2, 0.25) is 5.91 Å². The molecule has 2 N–H and O–H groups in total. The number of aliphatic carboxylic acids is 1. The molecule has 3 aromatic rings. The number of carboxylic acids is 1. The van der Waals surface area contributed by atoms with Gasteiger partial charge in [-0.25, -0.2) is 13.6 Å². The quantitative estimate of drug-likeness (QED) is 0.638. The fourth-order valence-electron chi connectivity index (χ4n) is 3.25. The van der Waals surface area contributed by atoms with E-state index in [9.17, 15) is 23.5 Å². The number of carboxylic acid groups (broad SMARTS) is 1. The summed E-state index contributed by atoms with van der Waals surface area (Å²) in [7, 11) is 0. The lowest BCUT2D eigenvalue weighted by molar-refractivity contribution is -0.142. The highest BCUT2D eigenvalue weighted by molar-refractivity contribution is 5.86. The largest absolute Gasteiger partial charge is 0.480 e. The van der Waals surface area contributed by atoms with E-state index in [1.54, 1.807) is 48.5 Å². The molecule has 0 bridgehead atoms. The van der Waals surface area contributed by atoms with Crippen molar-refractivity contribution in [2.24, 2.45) is 0 Å². The standard InChI is InChI=1S/C23H19F2NO3/c24-18-12-11-15(13-19(18)25)14-20(27)26-22(23(28)29)21(16-7-3-1-4-8-16)17-9-5-2-6-10-17/h1-13,21-22H,14H2,(H,26,27)(H,28,29)/t22-/m0/s1. The topological polar surface area (TPSA) is 66.4 Å². The summed E-state index contributed by atoms with van der Waals surface area (Å²) >= 11 is 0. The monoisotopic (exact) mass is 395 g/mol. The van der Waals surface area contributed by atoms with E-state index in [-0.39, 0.29) is 12.0 Å². The molecule has 0 saturated carbocycles. The molecule has 29 heavy (non-hydrogen) atoms. The van der Waals surface area contributed by atoms with Crippen LogP contribution in [-0.2, 0) is 16.0 Å². The highest BCUT2D eigenvalue weighted by Gasteiger charge is 2.32. The van der Waals surface area contributed by atoms with Crippen molar-refractivity contribution in [1.29, 1.82) is 0 Å². The predicted octanol–water partition coefficient (Wildman–Crippen LogP) is 3.91. The van der Waals surface area contributed by atoms with Crippen LogP contribution in [0.4, 0.5) is 8.78 Å². The summed E-state index contributed by atoms with van der Waals surface area (Å²) < 4.78 is 26.5. The second-order valence-corrected chi connectivity index (χ2v) is 6.61. The smallest absolute Gasteiger partial charge is 0.327 e. The molecule has 148 valence electrons. The van der Waals surface area contributed by atoms with Crippen LogP contribution in [0.3, 0.4) is 0 Å². The van der Waals surface area contributed by atoms with E-state index in [1.165, 1.54) is 6.07 Å². The molecule has 3 aromatic carbocycles. The lowest BCUT2D eigenvalue weighted by Crippen LogP contribution is -2.46. The second-order valence-electron chi connectivity index (χ2n) is 6.61. The van der Waals surface area contributed by atoms with Gasteiger partial charge in [-0.1, -0.05) is 66.7 Å². The Morgan fingerprint density at radius 3 is 1.86 bits per heavy atom. The normalized spacial score (nSPS) is 11.8. The van der Waals surface area contributed by atoms with Gasteiger partial charge in [-0.15, -0.1) is 0 Å². The Hall–Kier alpha value is -3.54. The van der Waals surface area contributed by atoms with Crippen molar-refractivity contribution in [3.05, 3.63) is 107 Å². The van der Waals surface area contributed by atoms with E-state index in [1.807, 2.05) is 12.1 Å². The summed E-state index contributed by atoms with van der Waals surface area (Å²) in [4.78, 5) is 24.5. The van der Waals surface area contributed by atoms with Gasteiger partial charge in [-0.3, -0.25) is 4.79 Å². The summed E-state index contributed by atoms with van der Waals surface area (Å²) in [5.74, 6) is -4.48. The van der Waals surface area contributed by atoms with Crippen LogP contribution in [0.15, 0.2) is 78.9 Å². The number of benzene rings is 3. The maximum atomic E-state index is 13.4. The molecule has 0 heterocycles. The zero-order valence-electron chi connectivity index (χ0n) is 15.4. The number of nitrogens with one attached hydrogen (secondary N) is 1. The van der Waals surface area contributed by atoms with Gasteiger partial charge < -0.3 is 10.4 Å². The van der Waals surface area contributed by atoms with Crippen molar-refractivity contribution in [3.63, 3.8) is 0 Å². The fourth-order valence-corrected chi connectivity index (χ4v) is 3.25. The van der Waals surface area contributed by atoms with Crippen molar-refractivity contribution < 1.29 is 23.5 Å². The molecule has 0 saturated heterocycles. The van der Waals surface area contributed by atoms with E-state index < -0.39 is 35.5 Å². The highest BCUT2D eigenvalue weighted by Crippen LogP contribution is 2.28. The molecule has 0 unspecified atom stereocenters. The van der Waals surface area contributed by atoms with Crippen LogP contribution < -0.4 is 5.32 Å². The maximum absolute atomic E-state index is 13.4. The van der Waals surface area contributed by atoms with Crippen molar-refractivity contribution in [2.45, 2.75) is 18.4 Å². The Kier molecular flexibility index (Phi) is 6.34. The van der Waals surface area contributed by atoms with E-state index in [2.05, 4.69) is 5.32 Å². The number of hydrogen-bond acceptors (Lipinski definition) is 2.